The monoisotopic (exact) mass is 277 g/mol. The molecule has 1 N–H and O–H groups in total. The van der Waals surface area contributed by atoms with Crippen LogP contribution in [0.15, 0.2) is 17.0 Å². The molecule has 1 aromatic rings. The van der Waals surface area contributed by atoms with Gasteiger partial charge >= 0.3 is 0 Å². The standard InChI is InChI=1S/C11H13F2NO3S/c1-3-10(15)7-5-11(9(13)6-8(7)12)18(16,17)14-4-2/h5-6,14H,3-4H2,1-2H3. The zero-order valence-electron chi connectivity index (χ0n) is 9.96. The SMILES string of the molecule is CCNS(=O)(=O)c1cc(C(=O)CC)c(F)cc1F. The molecule has 0 aliphatic heterocycles. The summed E-state index contributed by atoms with van der Waals surface area (Å²) in [4.78, 5) is 10.7. The normalized spacial score (nSPS) is 11.6. The third-order valence-corrected chi connectivity index (χ3v) is 3.83. The van der Waals surface area contributed by atoms with Crippen molar-refractivity contribution < 1.29 is 22.0 Å². The van der Waals surface area contributed by atoms with Gasteiger partial charge in [-0.05, 0) is 6.07 Å². The van der Waals surface area contributed by atoms with Crippen LogP contribution >= 0.6 is 0 Å². The molecule has 0 saturated carbocycles. The average Bonchev–Trinajstić information content (AvgIpc) is 2.27. The zero-order chi connectivity index (χ0) is 13.9. The number of ketones is 1. The molecule has 0 aromatic heterocycles. The highest BCUT2D eigenvalue weighted by Crippen LogP contribution is 2.20. The fraction of sp³-hybridized carbons (Fsp3) is 0.364. The molecule has 0 fully saturated rings. The third-order valence-electron chi connectivity index (χ3n) is 2.27. The van der Waals surface area contributed by atoms with Gasteiger partial charge in [-0.25, -0.2) is 21.9 Å². The first-order valence-electron chi connectivity index (χ1n) is 5.35. The lowest BCUT2D eigenvalue weighted by Crippen LogP contribution is -2.24. The fourth-order valence-corrected chi connectivity index (χ4v) is 2.53. The van der Waals surface area contributed by atoms with Crippen LogP contribution in [-0.4, -0.2) is 20.7 Å². The van der Waals surface area contributed by atoms with Gasteiger partial charge in [0.15, 0.2) is 5.78 Å². The molecule has 0 atom stereocenters. The van der Waals surface area contributed by atoms with Crippen LogP contribution in [0, 0.1) is 11.6 Å². The van der Waals surface area contributed by atoms with Gasteiger partial charge in [-0.3, -0.25) is 4.79 Å². The minimum absolute atomic E-state index is 0.00322. The summed E-state index contributed by atoms with van der Waals surface area (Å²) in [7, 11) is -4.07. The number of hydrogen-bond donors (Lipinski definition) is 1. The largest absolute Gasteiger partial charge is 0.294 e. The van der Waals surface area contributed by atoms with Gasteiger partial charge in [-0.15, -0.1) is 0 Å². The lowest BCUT2D eigenvalue weighted by Gasteiger charge is -2.08. The molecule has 100 valence electrons. The highest BCUT2D eigenvalue weighted by atomic mass is 32.2. The topological polar surface area (TPSA) is 63.2 Å². The summed E-state index contributed by atoms with van der Waals surface area (Å²) < 4.78 is 52.2. The molecule has 0 heterocycles. The lowest BCUT2D eigenvalue weighted by molar-refractivity contribution is 0.0984. The highest BCUT2D eigenvalue weighted by molar-refractivity contribution is 7.89. The Morgan fingerprint density at radius 1 is 1.22 bits per heavy atom. The second-order valence-corrected chi connectivity index (χ2v) is 5.28. The number of halogens is 2. The van der Waals surface area contributed by atoms with Crippen LogP contribution in [-0.2, 0) is 10.0 Å². The van der Waals surface area contributed by atoms with Crippen LogP contribution in [0.1, 0.15) is 30.6 Å². The Balaban J connectivity index is 3.43. The van der Waals surface area contributed by atoms with E-state index in [4.69, 9.17) is 0 Å². The van der Waals surface area contributed by atoms with E-state index in [1.54, 1.807) is 0 Å². The maximum Gasteiger partial charge on any atom is 0.243 e. The number of benzene rings is 1. The summed E-state index contributed by atoms with van der Waals surface area (Å²) in [5, 5.41) is 0. The van der Waals surface area contributed by atoms with Gasteiger partial charge in [0.1, 0.15) is 16.5 Å². The van der Waals surface area contributed by atoms with Gasteiger partial charge in [0, 0.05) is 19.0 Å². The van der Waals surface area contributed by atoms with E-state index >= 15 is 0 Å². The van der Waals surface area contributed by atoms with E-state index < -0.39 is 37.9 Å². The van der Waals surface area contributed by atoms with Gasteiger partial charge in [0.25, 0.3) is 0 Å². The van der Waals surface area contributed by atoms with Crippen molar-refractivity contribution in [3.05, 3.63) is 29.3 Å². The number of nitrogens with one attached hydrogen (secondary N) is 1. The number of carbonyl (C=O) groups is 1. The maximum absolute atomic E-state index is 13.4. The Morgan fingerprint density at radius 3 is 2.33 bits per heavy atom. The molecule has 4 nitrogen and oxygen atoms in total. The van der Waals surface area contributed by atoms with E-state index in [-0.39, 0.29) is 13.0 Å². The fourth-order valence-electron chi connectivity index (χ4n) is 1.41. The summed E-state index contributed by atoms with van der Waals surface area (Å²) in [5.41, 5.74) is -0.421. The summed E-state index contributed by atoms with van der Waals surface area (Å²) in [6, 6.07) is 1.14. The molecular weight excluding hydrogens is 264 g/mol. The molecule has 18 heavy (non-hydrogen) atoms. The van der Waals surface area contributed by atoms with Crippen molar-refractivity contribution >= 4 is 15.8 Å². The number of rotatable bonds is 5. The van der Waals surface area contributed by atoms with Crippen molar-refractivity contribution in [2.45, 2.75) is 25.2 Å². The lowest BCUT2D eigenvalue weighted by atomic mass is 10.1. The van der Waals surface area contributed by atoms with Crippen molar-refractivity contribution in [1.29, 1.82) is 0 Å². The molecule has 0 amide bonds. The highest BCUT2D eigenvalue weighted by Gasteiger charge is 2.22. The molecule has 0 unspecified atom stereocenters. The molecule has 0 radical (unpaired) electrons. The molecule has 0 aliphatic carbocycles. The Bertz CT molecular complexity index is 570. The molecule has 0 saturated heterocycles. The van der Waals surface area contributed by atoms with Crippen molar-refractivity contribution in [3.8, 4) is 0 Å². The van der Waals surface area contributed by atoms with Gasteiger partial charge in [0.2, 0.25) is 10.0 Å². The predicted molar refractivity (Wildman–Crippen MR) is 61.8 cm³/mol. The second kappa shape index (κ2) is 5.53. The number of Topliss-reactive ketones (excluding diaryl/α,β-unsaturated/α-hetero) is 1. The first-order valence-corrected chi connectivity index (χ1v) is 6.83. The van der Waals surface area contributed by atoms with Crippen molar-refractivity contribution in [2.75, 3.05) is 6.54 Å². The van der Waals surface area contributed by atoms with E-state index in [2.05, 4.69) is 4.72 Å². The van der Waals surface area contributed by atoms with Gasteiger partial charge in [-0.1, -0.05) is 13.8 Å². The summed E-state index contributed by atoms with van der Waals surface area (Å²) in [6.45, 7) is 3.09. The van der Waals surface area contributed by atoms with Gasteiger partial charge < -0.3 is 0 Å². The van der Waals surface area contributed by atoms with Crippen molar-refractivity contribution in [3.63, 3.8) is 0 Å². The van der Waals surface area contributed by atoms with E-state index in [0.29, 0.717) is 6.07 Å². The second-order valence-electron chi connectivity index (χ2n) is 3.54. The summed E-state index contributed by atoms with van der Waals surface area (Å²) >= 11 is 0. The van der Waals surface area contributed by atoms with Crippen LogP contribution in [0.2, 0.25) is 0 Å². The van der Waals surface area contributed by atoms with Crippen LogP contribution in [0.3, 0.4) is 0 Å². The van der Waals surface area contributed by atoms with Crippen LogP contribution in [0.25, 0.3) is 0 Å². The average molecular weight is 277 g/mol. The first kappa shape index (κ1) is 14.7. The minimum Gasteiger partial charge on any atom is -0.294 e. The van der Waals surface area contributed by atoms with Crippen molar-refractivity contribution in [1.82, 2.24) is 4.72 Å². The Kier molecular flexibility index (Phi) is 4.53. The van der Waals surface area contributed by atoms with E-state index in [1.807, 2.05) is 0 Å². The van der Waals surface area contributed by atoms with Crippen LogP contribution < -0.4 is 4.72 Å². The smallest absolute Gasteiger partial charge is 0.243 e. The Hall–Kier alpha value is -1.34. The van der Waals surface area contributed by atoms with Gasteiger partial charge in [0.05, 0.1) is 5.56 Å². The number of sulfonamides is 1. The first-order chi connectivity index (χ1) is 8.33. The minimum atomic E-state index is -4.07. The van der Waals surface area contributed by atoms with E-state index in [9.17, 15) is 22.0 Å². The van der Waals surface area contributed by atoms with E-state index in [1.165, 1.54) is 13.8 Å². The number of carbonyl (C=O) groups excluding carboxylic acids is 1. The van der Waals surface area contributed by atoms with Crippen LogP contribution in [0.5, 0.6) is 0 Å². The van der Waals surface area contributed by atoms with Crippen molar-refractivity contribution in [2.24, 2.45) is 0 Å². The molecule has 1 aromatic carbocycles. The molecule has 0 spiro atoms. The van der Waals surface area contributed by atoms with E-state index in [0.717, 1.165) is 6.07 Å². The number of hydrogen-bond acceptors (Lipinski definition) is 3. The summed E-state index contributed by atoms with van der Waals surface area (Å²) in [5.74, 6) is -2.86. The molecule has 7 heteroatoms. The molecular formula is C11H13F2NO3S. The molecule has 0 bridgehead atoms. The van der Waals surface area contributed by atoms with Gasteiger partial charge in [-0.2, -0.15) is 0 Å². The molecule has 0 aliphatic rings. The van der Waals surface area contributed by atoms with Crippen LogP contribution in [0.4, 0.5) is 8.78 Å². The Morgan fingerprint density at radius 2 is 1.83 bits per heavy atom. The summed E-state index contributed by atoms with van der Waals surface area (Å²) in [6.07, 6.45) is 0.00322. The predicted octanol–water partition coefficient (Wildman–Crippen LogP) is 1.86. The zero-order valence-corrected chi connectivity index (χ0v) is 10.8. The molecule has 1 rings (SSSR count). The Labute approximate surface area is 104 Å². The maximum atomic E-state index is 13.4. The third kappa shape index (κ3) is 2.91. The quantitative estimate of drug-likeness (QED) is 0.835.